The molecule has 1 unspecified atom stereocenters. The summed E-state index contributed by atoms with van der Waals surface area (Å²) in [5, 5.41) is 3.61. The Balaban J connectivity index is 1.90. The van der Waals surface area contributed by atoms with Gasteiger partial charge >= 0.3 is 0 Å². The summed E-state index contributed by atoms with van der Waals surface area (Å²) in [5.74, 6) is 2.54. The minimum absolute atomic E-state index is 0.269. The van der Waals surface area contributed by atoms with Gasteiger partial charge in [-0.25, -0.2) is 0 Å². The van der Waals surface area contributed by atoms with Crippen LogP contribution in [0.5, 0.6) is 17.2 Å². The fourth-order valence-electron chi connectivity index (χ4n) is 3.15. The second-order valence-electron chi connectivity index (χ2n) is 5.75. The van der Waals surface area contributed by atoms with Gasteiger partial charge in [0, 0.05) is 12.1 Å². The highest BCUT2D eigenvalue weighted by atomic mass is 16.5. The molecule has 1 atom stereocenters. The van der Waals surface area contributed by atoms with Crippen LogP contribution in [0.15, 0.2) is 36.4 Å². The molecule has 0 saturated carbocycles. The molecule has 0 spiro atoms. The number of methoxy groups -OCH3 is 3. The highest BCUT2D eigenvalue weighted by molar-refractivity contribution is 5.42. The van der Waals surface area contributed by atoms with Crippen molar-refractivity contribution in [1.82, 2.24) is 5.32 Å². The summed E-state index contributed by atoms with van der Waals surface area (Å²) in [4.78, 5) is 0. The molecule has 0 aliphatic carbocycles. The van der Waals surface area contributed by atoms with Gasteiger partial charge in [-0.1, -0.05) is 6.07 Å². The van der Waals surface area contributed by atoms with Gasteiger partial charge in [-0.3, -0.25) is 0 Å². The Morgan fingerprint density at radius 1 is 0.913 bits per heavy atom. The van der Waals surface area contributed by atoms with E-state index in [0.29, 0.717) is 0 Å². The van der Waals surface area contributed by atoms with E-state index in [4.69, 9.17) is 14.2 Å². The van der Waals surface area contributed by atoms with Crippen molar-refractivity contribution in [3.63, 3.8) is 0 Å². The van der Waals surface area contributed by atoms with Crippen LogP contribution in [0.1, 0.15) is 22.7 Å². The normalized spacial score (nSPS) is 16.6. The van der Waals surface area contributed by atoms with Crippen LogP contribution in [-0.2, 0) is 12.8 Å². The van der Waals surface area contributed by atoms with Gasteiger partial charge < -0.3 is 19.5 Å². The van der Waals surface area contributed by atoms with E-state index in [-0.39, 0.29) is 6.04 Å². The van der Waals surface area contributed by atoms with Gasteiger partial charge in [-0.05, 0) is 60.3 Å². The van der Waals surface area contributed by atoms with Crippen LogP contribution in [0.4, 0.5) is 0 Å². The van der Waals surface area contributed by atoms with Crippen LogP contribution >= 0.6 is 0 Å². The van der Waals surface area contributed by atoms with Crippen LogP contribution in [-0.4, -0.2) is 27.9 Å². The van der Waals surface area contributed by atoms with Gasteiger partial charge in [0.15, 0.2) is 0 Å². The Morgan fingerprint density at radius 2 is 1.61 bits per heavy atom. The third-order valence-corrected chi connectivity index (χ3v) is 4.36. The molecule has 4 heteroatoms. The van der Waals surface area contributed by atoms with Crippen LogP contribution < -0.4 is 19.5 Å². The molecule has 0 saturated heterocycles. The molecular formula is C19H23NO3. The third-order valence-electron chi connectivity index (χ3n) is 4.36. The van der Waals surface area contributed by atoms with Crippen molar-refractivity contribution in [1.29, 1.82) is 0 Å². The first-order chi connectivity index (χ1) is 11.2. The summed E-state index contributed by atoms with van der Waals surface area (Å²) >= 11 is 0. The zero-order valence-electron chi connectivity index (χ0n) is 13.9. The van der Waals surface area contributed by atoms with Crippen molar-refractivity contribution in [2.24, 2.45) is 0 Å². The maximum atomic E-state index is 5.38. The van der Waals surface area contributed by atoms with E-state index in [2.05, 4.69) is 29.6 Å². The lowest BCUT2D eigenvalue weighted by atomic mass is 9.90. The van der Waals surface area contributed by atoms with Crippen molar-refractivity contribution >= 4 is 0 Å². The van der Waals surface area contributed by atoms with E-state index < -0.39 is 0 Å². The fraction of sp³-hybridized carbons (Fsp3) is 0.368. The monoisotopic (exact) mass is 313 g/mol. The van der Waals surface area contributed by atoms with Gasteiger partial charge in [0.05, 0.1) is 21.3 Å². The SMILES string of the molecule is COc1cc(CC2NCCc3ccc(OC)cc32)cc(OC)c1. The molecule has 0 radical (unpaired) electrons. The van der Waals surface area contributed by atoms with Crippen LogP contribution in [0.2, 0.25) is 0 Å². The predicted molar refractivity (Wildman–Crippen MR) is 90.7 cm³/mol. The number of nitrogens with one attached hydrogen (secondary N) is 1. The molecule has 0 aromatic heterocycles. The van der Waals surface area contributed by atoms with Crippen molar-refractivity contribution in [3.05, 3.63) is 53.1 Å². The van der Waals surface area contributed by atoms with Crippen molar-refractivity contribution in [2.45, 2.75) is 18.9 Å². The summed E-state index contributed by atoms with van der Waals surface area (Å²) in [7, 11) is 5.06. The maximum Gasteiger partial charge on any atom is 0.122 e. The van der Waals surface area contributed by atoms with E-state index in [1.807, 2.05) is 12.1 Å². The minimum atomic E-state index is 0.269. The lowest BCUT2D eigenvalue weighted by Gasteiger charge is -2.27. The zero-order chi connectivity index (χ0) is 16.2. The first-order valence-corrected chi connectivity index (χ1v) is 7.85. The molecule has 1 heterocycles. The first kappa shape index (κ1) is 15.7. The highest BCUT2D eigenvalue weighted by Gasteiger charge is 2.21. The quantitative estimate of drug-likeness (QED) is 0.920. The molecule has 1 aliphatic heterocycles. The number of fused-ring (bicyclic) bond motifs is 1. The topological polar surface area (TPSA) is 39.7 Å². The molecule has 0 amide bonds. The maximum absolute atomic E-state index is 5.38. The number of hydrogen-bond acceptors (Lipinski definition) is 4. The summed E-state index contributed by atoms with van der Waals surface area (Å²) in [6.45, 7) is 0.991. The standard InChI is InChI=1S/C19H23NO3/c1-21-15-5-4-14-6-7-20-19(18(14)12-15)10-13-8-16(22-2)11-17(9-13)23-3/h4-5,8-9,11-12,19-20H,6-7,10H2,1-3H3. The smallest absolute Gasteiger partial charge is 0.122 e. The predicted octanol–water partition coefficient (Wildman–Crippen LogP) is 3.14. The van der Waals surface area contributed by atoms with E-state index in [1.54, 1.807) is 21.3 Å². The molecule has 122 valence electrons. The third kappa shape index (κ3) is 3.42. The molecule has 3 rings (SSSR count). The zero-order valence-corrected chi connectivity index (χ0v) is 13.9. The molecular weight excluding hydrogens is 290 g/mol. The van der Waals surface area contributed by atoms with Gasteiger partial charge in [0.1, 0.15) is 17.2 Å². The van der Waals surface area contributed by atoms with Gasteiger partial charge in [0.25, 0.3) is 0 Å². The van der Waals surface area contributed by atoms with E-state index in [9.17, 15) is 0 Å². The Bertz CT molecular complexity index is 662. The number of benzene rings is 2. The Morgan fingerprint density at radius 3 is 2.26 bits per heavy atom. The molecule has 2 aromatic carbocycles. The summed E-state index contributed by atoms with van der Waals surface area (Å²) < 4.78 is 16.1. The summed E-state index contributed by atoms with van der Waals surface area (Å²) in [5.41, 5.74) is 3.90. The Labute approximate surface area is 137 Å². The number of hydrogen-bond donors (Lipinski definition) is 1. The molecule has 23 heavy (non-hydrogen) atoms. The summed E-state index contributed by atoms with van der Waals surface area (Å²) in [6.07, 6.45) is 1.94. The molecule has 2 aromatic rings. The Hall–Kier alpha value is -2.20. The van der Waals surface area contributed by atoms with Crippen molar-refractivity contribution < 1.29 is 14.2 Å². The van der Waals surface area contributed by atoms with Crippen LogP contribution in [0, 0.1) is 0 Å². The second kappa shape index (κ2) is 6.92. The largest absolute Gasteiger partial charge is 0.497 e. The molecule has 0 bridgehead atoms. The first-order valence-electron chi connectivity index (χ1n) is 7.85. The van der Waals surface area contributed by atoms with E-state index in [0.717, 1.165) is 36.6 Å². The van der Waals surface area contributed by atoms with Crippen molar-refractivity contribution in [2.75, 3.05) is 27.9 Å². The second-order valence-corrected chi connectivity index (χ2v) is 5.75. The highest BCUT2D eigenvalue weighted by Crippen LogP contribution is 2.31. The molecule has 1 N–H and O–H groups in total. The van der Waals surface area contributed by atoms with Crippen LogP contribution in [0.3, 0.4) is 0 Å². The van der Waals surface area contributed by atoms with Gasteiger partial charge in [-0.2, -0.15) is 0 Å². The Kier molecular flexibility index (Phi) is 4.72. The van der Waals surface area contributed by atoms with Gasteiger partial charge in [0.2, 0.25) is 0 Å². The minimum Gasteiger partial charge on any atom is -0.497 e. The molecule has 4 nitrogen and oxygen atoms in total. The van der Waals surface area contributed by atoms with Crippen LogP contribution in [0.25, 0.3) is 0 Å². The van der Waals surface area contributed by atoms with E-state index >= 15 is 0 Å². The van der Waals surface area contributed by atoms with E-state index in [1.165, 1.54) is 16.7 Å². The average molecular weight is 313 g/mol. The number of rotatable bonds is 5. The average Bonchev–Trinajstić information content (AvgIpc) is 2.61. The summed E-state index contributed by atoms with van der Waals surface area (Å²) in [6, 6.07) is 12.7. The fourth-order valence-corrected chi connectivity index (χ4v) is 3.15. The number of ether oxygens (including phenoxy) is 3. The van der Waals surface area contributed by atoms with Gasteiger partial charge in [-0.15, -0.1) is 0 Å². The lowest BCUT2D eigenvalue weighted by Crippen LogP contribution is -2.31. The molecule has 0 fully saturated rings. The lowest BCUT2D eigenvalue weighted by molar-refractivity contribution is 0.392. The van der Waals surface area contributed by atoms with Crippen molar-refractivity contribution in [3.8, 4) is 17.2 Å². The molecule has 1 aliphatic rings.